The lowest BCUT2D eigenvalue weighted by atomic mass is 10.0. The molecule has 31 heavy (non-hydrogen) atoms. The van der Waals surface area contributed by atoms with Gasteiger partial charge < -0.3 is 10.1 Å². The normalized spacial score (nSPS) is 11.3. The molecule has 3 rings (SSSR count). The van der Waals surface area contributed by atoms with Gasteiger partial charge in [0.05, 0.1) is 0 Å². The minimum atomic E-state index is -0.650. The number of carbonyl (C=O) groups excluding carboxylic acids is 2. The zero-order valence-corrected chi connectivity index (χ0v) is 19.7. The van der Waals surface area contributed by atoms with Crippen LogP contribution in [0.3, 0.4) is 0 Å². The molecule has 6 heteroatoms. The molecule has 2 aromatic carbocycles. The minimum Gasteiger partial charge on any atom is -0.456 e. The number of esters is 1. The lowest BCUT2D eigenvalue weighted by molar-refractivity contribution is -0.116. The lowest BCUT2D eigenvalue weighted by Gasteiger charge is -2.20. The topological polar surface area (TPSA) is 55.4 Å². The number of ether oxygens (including phenoxy) is 1. The largest absolute Gasteiger partial charge is 0.456 e. The predicted octanol–water partition coefficient (Wildman–Crippen LogP) is 6.90. The first-order valence-electron chi connectivity index (χ1n) is 10.1. The predicted molar refractivity (Wildman–Crippen MR) is 128 cm³/mol. The molecule has 0 aliphatic heterocycles. The third-order valence-corrected chi connectivity index (χ3v) is 5.67. The summed E-state index contributed by atoms with van der Waals surface area (Å²) in [5, 5.41) is 5.88. The van der Waals surface area contributed by atoms with Crippen LogP contribution in [0.25, 0.3) is 11.1 Å². The number of amides is 1. The van der Waals surface area contributed by atoms with Gasteiger partial charge in [0.2, 0.25) is 5.91 Å². The van der Waals surface area contributed by atoms with Crippen molar-refractivity contribution >= 4 is 39.8 Å². The summed E-state index contributed by atoms with van der Waals surface area (Å²) in [5.41, 5.74) is 3.53. The molecular weight excluding hydrogens is 430 g/mol. The fraction of sp³-hybridized carbons (Fsp3) is 0.280. The Hall–Kier alpha value is -2.63. The summed E-state index contributed by atoms with van der Waals surface area (Å²) >= 11 is 7.33. The Balaban J connectivity index is 1.84. The zero-order valence-electron chi connectivity index (χ0n) is 18.1. The standard InChI is InChI=1S/C25H26ClNO3S/c1-16-6-5-7-17(14-16)8-13-21(28)27-23-22(24(29)30-25(2,3)4)20(15-31-23)18-9-11-19(26)12-10-18/h5-7,9-12,14-15H,8,13H2,1-4H3,(H,27,28). The Morgan fingerprint density at radius 2 is 1.81 bits per heavy atom. The molecule has 1 N–H and O–H groups in total. The quantitative estimate of drug-likeness (QED) is 0.411. The van der Waals surface area contributed by atoms with Gasteiger partial charge in [-0.3, -0.25) is 4.79 Å². The molecule has 0 unspecified atom stereocenters. The van der Waals surface area contributed by atoms with Gasteiger partial charge >= 0.3 is 5.97 Å². The van der Waals surface area contributed by atoms with Gasteiger partial charge in [-0.1, -0.05) is 53.6 Å². The SMILES string of the molecule is Cc1cccc(CCC(=O)Nc2scc(-c3ccc(Cl)cc3)c2C(=O)OC(C)(C)C)c1. The molecule has 0 aliphatic carbocycles. The summed E-state index contributed by atoms with van der Waals surface area (Å²) < 4.78 is 5.62. The molecule has 0 spiro atoms. The first kappa shape index (κ1) is 23.0. The maximum Gasteiger partial charge on any atom is 0.342 e. The van der Waals surface area contributed by atoms with E-state index in [4.69, 9.17) is 16.3 Å². The van der Waals surface area contributed by atoms with E-state index in [9.17, 15) is 9.59 Å². The van der Waals surface area contributed by atoms with Gasteiger partial charge in [-0.05, 0) is 57.4 Å². The van der Waals surface area contributed by atoms with Gasteiger partial charge in [-0.15, -0.1) is 11.3 Å². The lowest BCUT2D eigenvalue weighted by Crippen LogP contribution is -2.25. The second-order valence-corrected chi connectivity index (χ2v) is 9.72. The van der Waals surface area contributed by atoms with Crippen molar-refractivity contribution in [2.75, 3.05) is 5.32 Å². The van der Waals surface area contributed by atoms with Gasteiger partial charge in [0.1, 0.15) is 16.2 Å². The minimum absolute atomic E-state index is 0.143. The maximum atomic E-state index is 13.0. The van der Waals surface area contributed by atoms with E-state index in [0.29, 0.717) is 34.0 Å². The number of hydrogen-bond donors (Lipinski definition) is 1. The van der Waals surface area contributed by atoms with Crippen LogP contribution in [0.1, 0.15) is 48.7 Å². The molecule has 0 aliphatic rings. The van der Waals surface area contributed by atoms with E-state index in [2.05, 4.69) is 11.4 Å². The Bertz CT molecular complexity index is 1080. The monoisotopic (exact) mass is 455 g/mol. The molecule has 162 valence electrons. The van der Waals surface area contributed by atoms with Gasteiger partial charge in [-0.25, -0.2) is 4.79 Å². The van der Waals surface area contributed by atoms with E-state index in [0.717, 1.165) is 16.7 Å². The van der Waals surface area contributed by atoms with Crippen LogP contribution < -0.4 is 5.32 Å². The van der Waals surface area contributed by atoms with Crippen LogP contribution in [0, 0.1) is 6.92 Å². The molecule has 3 aromatic rings. The number of nitrogens with one attached hydrogen (secondary N) is 1. The molecular formula is C25H26ClNO3S. The number of rotatable bonds is 6. The summed E-state index contributed by atoms with van der Waals surface area (Å²) in [4.78, 5) is 25.7. The third-order valence-electron chi connectivity index (χ3n) is 4.53. The number of hydrogen-bond acceptors (Lipinski definition) is 4. The Kier molecular flexibility index (Phi) is 7.19. The highest BCUT2D eigenvalue weighted by molar-refractivity contribution is 7.15. The molecule has 1 heterocycles. The van der Waals surface area contributed by atoms with Crippen molar-refractivity contribution in [3.8, 4) is 11.1 Å². The smallest absolute Gasteiger partial charge is 0.342 e. The number of thiophene rings is 1. The zero-order chi connectivity index (χ0) is 22.6. The molecule has 1 aromatic heterocycles. The second-order valence-electron chi connectivity index (χ2n) is 8.40. The molecule has 0 radical (unpaired) electrons. The number of anilines is 1. The van der Waals surface area contributed by atoms with Crippen molar-refractivity contribution in [1.29, 1.82) is 0 Å². The number of benzene rings is 2. The van der Waals surface area contributed by atoms with Gasteiger partial charge in [-0.2, -0.15) is 0 Å². The van der Waals surface area contributed by atoms with Gasteiger partial charge in [0, 0.05) is 22.4 Å². The summed E-state index contributed by atoms with van der Waals surface area (Å²) in [6.45, 7) is 7.48. The summed E-state index contributed by atoms with van der Waals surface area (Å²) in [6, 6.07) is 15.3. The third kappa shape index (κ3) is 6.42. The van der Waals surface area contributed by atoms with Crippen LogP contribution in [0.15, 0.2) is 53.9 Å². The van der Waals surface area contributed by atoms with E-state index >= 15 is 0 Å². The van der Waals surface area contributed by atoms with Gasteiger partial charge in [0.25, 0.3) is 0 Å². The van der Waals surface area contributed by atoms with E-state index < -0.39 is 11.6 Å². The fourth-order valence-corrected chi connectivity index (χ4v) is 4.24. The van der Waals surface area contributed by atoms with Gasteiger partial charge in [0.15, 0.2) is 0 Å². The van der Waals surface area contributed by atoms with Crippen LogP contribution in [0.4, 0.5) is 5.00 Å². The molecule has 0 atom stereocenters. The average molecular weight is 456 g/mol. The highest BCUT2D eigenvalue weighted by Gasteiger charge is 2.26. The van der Waals surface area contributed by atoms with Crippen molar-refractivity contribution in [2.24, 2.45) is 0 Å². The number of halogens is 1. The summed E-state index contributed by atoms with van der Waals surface area (Å²) in [7, 11) is 0. The van der Waals surface area contributed by atoms with E-state index in [1.165, 1.54) is 11.3 Å². The molecule has 0 fully saturated rings. The van der Waals surface area contributed by atoms with E-state index in [1.54, 1.807) is 12.1 Å². The van der Waals surface area contributed by atoms with Crippen LogP contribution in [-0.2, 0) is 16.0 Å². The molecule has 0 saturated heterocycles. The van der Waals surface area contributed by atoms with Crippen molar-refractivity contribution in [2.45, 2.75) is 46.1 Å². The molecule has 0 saturated carbocycles. The van der Waals surface area contributed by atoms with Crippen LogP contribution in [-0.4, -0.2) is 17.5 Å². The van der Waals surface area contributed by atoms with Crippen LogP contribution >= 0.6 is 22.9 Å². The Morgan fingerprint density at radius 1 is 1.10 bits per heavy atom. The highest BCUT2D eigenvalue weighted by atomic mass is 35.5. The Morgan fingerprint density at radius 3 is 2.45 bits per heavy atom. The van der Waals surface area contributed by atoms with Crippen molar-refractivity contribution in [1.82, 2.24) is 0 Å². The first-order chi connectivity index (χ1) is 14.6. The van der Waals surface area contributed by atoms with Crippen LogP contribution in [0.5, 0.6) is 0 Å². The van der Waals surface area contributed by atoms with Crippen molar-refractivity contribution in [3.63, 3.8) is 0 Å². The maximum absolute atomic E-state index is 13.0. The molecule has 0 bridgehead atoms. The fourth-order valence-electron chi connectivity index (χ4n) is 3.14. The van der Waals surface area contributed by atoms with E-state index in [1.807, 2.05) is 63.4 Å². The summed E-state index contributed by atoms with van der Waals surface area (Å²) in [5.74, 6) is -0.608. The van der Waals surface area contributed by atoms with Crippen molar-refractivity contribution in [3.05, 3.63) is 75.6 Å². The molecule has 1 amide bonds. The molecule has 4 nitrogen and oxygen atoms in total. The summed E-state index contributed by atoms with van der Waals surface area (Å²) in [6.07, 6.45) is 0.954. The first-order valence-corrected chi connectivity index (χ1v) is 11.3. The number of aryl methyl sites for hydroxylation is 2. The number of carbonyl (C=O) groups is 2. The average Bonchev–Trinajstić information content (AvgIpc) is 3.09. The second kappa shape index (κ2) is 9.67. The van der Waals surface area contributed by atoms with Crippen LogP contribution in [0.2, 0.25) is 5.02 Å². The Labute approximate surface area is 192 Å². The highest BCUT2D eigenvalue weighted by Crippen LogP contribution is 2.37. The van der Waals surface area contributed by atoms with Crippen molar-refractivity contribution < 1.29 is 14.3 Å². The van der Waals surface area contributed by atoms with E-state index in [-0.39, 0.29) is 5.91 Å².